The Labute approximate surface area is 203 Å². The zero-order valence-electron chi connectivity index (χ0n) is 17.5. The van der Waals surface area contributed by atoms with E-state index >= 15 is 0 Å². The Morgan fingerprint density at radius 2 is 1.88 bits per heavy atom. The van der Waals surface area contributed by atoms with Crippen molar-refractivity contribution in [1.82, 2.24) is 4.57 Å². The summed E-state index contributed by atoms with van der Waals surface area (Å²) in [5.74, 6) is -0.428. The predicted molar refractivity (Wildman–Crippen MR) is 141 cm³/mol. The first-order chi connectivity index (χ1) is 16.1. The fourth-order valence-corrected chi connectivity index (χ4v) is 5.92. The molecular weight excluding hydrogens is 492 g/mol. The van der Waals surface area contributed by atoms with Gasteiger partial charge in [0.15, 0.2) is 0 Å². The molecule has 2 N–H and O–H groups in total. The normalized spacial score (nSPS) is 11.5. The van der Waals surface area contributed by atoms with Crippen molar-refractivity contribution >= 4 is 65.8 Å². The lowest BCUT2D eigenvalue weighted by atomic mass is 10.0. The van der Waals surface area contributed by atoms with Crippen LogP contribution < -0.4 is 5.73 Å². The van der Waals surface area contributed by atoms with E-state index in [2.05, 4.69) is 92.6 Å². The van der Waals surface area contributed by atoms with Gasteiger partial charge in [-0.3, -0.25) is 4.79 Å². The Kier molecular flexibility index (Phi) is 4.82. The molecule has 0 aliphatic rings. The number of aromatic nitrogens is 1. The molecule has 159 valence electrons. The highest BCUT2D eigenvalue weighted by atomic mass is 79.9. The molecule has 3 nitrogen and oxygen atoms in total. The molecule has 0 fully saturated rings. The van der Waals surface area contributed by atoms with Crippen LogP contribution in [0.15, 0.2) is 88.7 Å². The Balaban J connectivity index is 1.64. The van der Waals surface area contributed by atoms with Gasteiger partial charge in [0.05, 0.1) is 11.0 Å². The van der Waals surface area contributed by atoms with Gasteiger partial charge >= 0.3 is 0 Å². The summed E-state index contributed by atoms with van der Waals surface area (Å²) in [4.78, 5) is 13.5. The molecule has 1 amide bonds. The Morgan fingerprint density at radius 1 is 1.00 bits per heavy atom. The lowest BCUT2D eigenvalue weighted by molar-refractivity contribution is 0.100. The molecular formula is C28H18BrN2OS. The molecule has 0 unspecified atom stereocenters. The average molecular weight is 510 g/mol. The Hall–Kier alpha value is -3.41. The van der Waals surface area contributed by atoms with Crippen LogP contribution in [0.4, 0.5) is 0 Å². The highest BCUT2D eigenvalue weighted by Gasteiger charge is 2.18. The maximum Gasteiger partial charge on any atom is 0.249 e. The van der Waals surface area contributed by atoms with Gasteiger partial charge in [0, 0.05) is 32.2 Å². The highest BCUT2D eigenvalue weighted by molar-refractivity contribution is 9.10. The third-order valence-electron chi connectivity index (χ3n) is 6.14. The summed E-state index contributed by atoms with van der Waals surface area (Å²) in [7, 11) is 0. The molecule has 5 heteroatoms. The van der Waals surface area contributed by atoms with Crippen LogP contribution in [0.3, 0.4) is 0 Å². The van der Waals surface area contributed by atoms with Crippen LogP contribution in [-0.2, 0) is 6.54 Å². The van der Waals surface area contributed by atoms with Crippen LogP contribution in [-0.4, -0.2) is 10.5 Å². The number of nitrogens with zero attached hydrogens (tertiary/aromatic N) is 1. The molecule has 1 radical (unpaired) electrons. The SMILES string of the molecule is NC(=O)c1cccc2c1c1[c]cc(-c3cccs3)cc1n2Cc1ccc2ccccc2c1Br. The van der Waals surface area contributed by atoms with E-state index in [1.807, 2.05) is 12.1 Å². The van der Waals surface area contributed by atoms with E-state index in [1.54, 1.807) is 17.4 Å². The minimum absolute atomic E-state index is 0.428. The molecule has 2 aromatic heterocycles. The summed E-state index contributed by atoms with van der Waals surface area (Å²) < 4.78 is 3.35. The zero-order valence-corrected chi connectivity index (χ0v) is 19.9. The van der Waals surface area contributed by atoms with Gasteiger partial charge in [0.2, 0.25) is 5.91 Å². The van der Waals surface area contributed by atoms with Gasteiger partial charge in [-0.2, -0.15) is 0 Å². The van der Waals surface area contributed by atoms with E-state index in [4.69, 9.17) is 5.73 Å². The summed E-state index contributed by atoms with van der Waals surface area (Å²) in [6, 6.07) is 30.2. The third kappa shape index (κ3) is 3.27. The lowest BCUT2D eigenvalue weighted by Crippen LogP contribution is -2.11. The van der Waals surface area contributed by atoms with Crippen molar-refractivity contribution in [1.29, 1.82) is 0 Å². The molecule has 0 aliphatic heterocycles. The van der Waals surface area contributed by atoms with Crippen molar-refractivity contribution in [3.8, 4) is 10.4 Å². The number of amides is 1. The van der Waals surface area contributed by atoms with Crippen LogP contribution in [0, 0.1) is 6.07 Å². The number of hydrogen-bond acceptors (Lipinski definition) is 2. The molecule has 0 bridgehead atoms. The number of nitrogens with two attached hydrogens (primary N) is 1. The highest BCUT2D eigenvalue weighted by Crippen LogP contribution is 2.37. The van der Waals surface area contributed by atoms with Crippen molar-refractivity contribution < 1.29 is 4.79 Å². The number of carbonyl (C=O) groups excluding carboxylic acids is 1. The fraction of sp³-hybridized carbons (Fsp3) is 0.0357. The molecule has 6 rings (SSSR count). The Morgan fingerprint density at radius 3 is 2.70 bits per heavy atom. The number of thiophene rings is 1. The largest absolute Gasteiger partial charge is 0.366 e. The van der Waals surface area contributed by atoms with Crippen molar-refractivity contribution in [2.75, 3.05) is 0 Å². The molecule has 0 atom stereocenters. The van der Waals surface area contributed by atoms with E-state index in [0.29, 0.717) is 12.1 Å². The van der Waals surface area contributed by atoms with E-state index in [-0.39, 0.29) is 0 Å². The monoisotopic (exact) mass is 509 g/mol. The van der Waals surface area contributed by atoms with Crippen LogP contribution in [0.1, 0.15) is 15.9 Å². The lowest BCUT2D eigenvalue weighted by Gasteiger charge is -2.12. The summed E-state index contributed by atoms with van der Waals surface area (Å²) in [6.45, 7) is 0.648. The van der Waals surface area contributed by atoms with E-state index in [0.717, 1.165) is 31.8 Å². The van der Waals surface area contributed by atoms with Gasteiger partial charge in [-0.15, -0.1) is 11.3 Å². The van der Waals surface area contributed by atoms with Gasteiger partial charge in [0.1, 0.15) is 0 Å². The maximum absolute atomic E-state index is 12.3. The molecule has 2 heterocycles. The summed E-state index contributed by atoms with van der Waals surface area (Å²) in [6.07, 6.45) is 0. The number of halogens is 1. The predicted octanol–water partition coefficient (Wildman–Crippen LogP) is 7.39. The molecule has 33 heavy (non-hydrogen) atoms. The number of carbonyl (C=O) groups is 1. The van der Waals surface area contributed by atoms with Gasteiger partial charge < -0.3 is 10.3 Å². The standard InChI is InChI=1S/C28H18BrN2OS/c29-27-19(11-10-17-5-1-2-6-20(17)27)16-31-23-8-3-7-22(28(30)32)26(23)21-13-12-18(15-24(21)31)25-9-4-14-33-25/h1-12,14-15H,16H2,(H2,30,32). The maximum atomic E-state index is 12.3. The van der Waals surface area contributed by atoms with E-state index in [1.165, 1.54) is 21.2 Å². The second-order valence-electron chi connectivity index (χ2n) is 8.04. The topological polar surface area (TPSA) is 48.0 Å². The quantitative estimate of drug-likeness (QED) is 0.264. The van der Waals surface area contributed by atoms with Gasteiger partial charge in [-0.05, 0) is 79.6 Å². The van der Waals surface area contributed by atoms with Crippen molar-refractivity contribution in [3.63, 3.8) is 0 Å². The van der Waals surface area contributed by atoms with Crippen molar-refractivity contribution in [3.05, 3.63) is 106 Å². The van der Waals surface area contributed by atoms with Gasteiger partial charge in [0.25, 0.3) is 0 Å². The summed E-state index contributed by atoms with van der Waals surface area (Å²) >= 11 is 5.55. The van der Waals surface area contributed by atoms with Crippen LogP contribution in [0.25, 0.3) is 43.0 Å². The second kappa shape index (κ2) is 7.87. The smallest absolute Gasteiger partial charge is 0.249 e. The van der Waals surface area contributed by atoms with Gasteiger partial charge in [-0.25, -0.2) is 0 Å². The zero-order chi connectivity index (χ0) is 22.5. The first kappa shape index (κ1) is 20.2. The molecule has 4 aromatic carbocycles. The van der Waals surface area contributed by atoms with Crippen molar-refractivity contribution in [2.24, 2.45) is 5.73 Å². The molecule has 0 aliphatic carbocycles. The van der Waals surface area contributed by atoms with Crippen molar-refractivity contribution in [2.45, 2.75) is 6.54 Å². The van der Waals surface area contributed by atoms with Crippen LogP contribution >= 0.6 is 27.3 Å². The number of rotatable bonds is 4. The molecule has 0 saturated heterocycles. The first-order valence-corrected chi connectivity index (χ1v) is 12.3. The minimum Gasteiger partial charge on any atom is -0.366 e. The minimum atomic E-state index is -0.428. The fourth-order valence-electron chi connectivity index (χ4n) is 4.59. The number of fused-ring (bicyclic) bond motifs is 4. The average Bonchev–Trinajstić information content (AvgIpc) is 3.48. The van der Waals surface area contributed by atoms with E-state index < -0.39 is 5.91 Å². The number of benzene rings is 4. The first-order valence-electron chi connectivity index (χ1n) is 10.6. The summed E-state index contributed by atoms with van der Waals surface area (Å²) in [5, 5.41) is 6.22. The molecule has 6 aromatic rings. The van der Waals surface area contributed by atoms with Gasteiger partial charge in [-0.1, -0.05) is 48.5 Å². The number of primary amides is 1. The van der Waals surface area contributed by atoms with E-state index in [9.17, 15) is 4.79 Å². The summed E-state index contributed by atoms with van der Waals surface area (Å²) in [5.41, 5.74) is 10.6. The Bertz CT molecular complexity index is 1680. The van der Waals surface area contributed by atoms with Crippen LogP contribution in [0.5, 0.6) is 0 Å². The second-order valence-corrected chi connectivity index (χ2v) is 9.78. The third-order valence-corrected chi connectivity index (χ3v) is 7.99. The van der Waals surface area contributed by atoms with Crippen LogP contribution in [0.2, 0.25) is 0 Å². The molecule has 0 spiro atoms. The molecule has 0 saturated carbocycles. The number of hydrogen-bond donors (Lipinski definition) is 1.